The Morgan fingerprint density at radius 2 is 1.92 bits per heavy atom. The van der Waals surface area contributed by atoms with Crippen LogP contribution in [0.2, 0.25) is 0 Å². The highest BCUT2D eigenvalue weighted by atomic mass is 19.1. The number of carbonyl (C=O) groups is 1. The van der Waals surface area contributed by atoms with Gasteiger partial charge in [0.15, 0.2) is 0 Å². The highest BCUT2D eigenvalue weighted by Gasteiger charge is 2.35. The van der Waals surface area contributed by atoms with Crippen LogP contribution >= 0.6 is 0 Å². The number of hydrogen-bond acceptors (Lipinski definition) is 3. The zero-order valence-corrected chi connectivity index (χ0v) is 15.8. The van der Waals surface area contributed by atoms with Crippen molar-refractivity contribution in [3.63, 3.8) is 0 Å². The molecule has 1 saturated carbocycles. The zero-order valence-electron chi connectivity index (χ0n) is 15.8. The maximum Gasteiger partial charge on any atom is 0.337 e. The van der Waals surface area contributed by atoms with E-state index < -0.39 is 5.97 Å². The van der Waals surface area contributed by atoms with Gasteiger partial charge in [-0.2, -0.15) is 0 Å². The molecule has 2 fully saturated rings. The first-order valence-corrected chi connectivity index (χ1v) is 9.47. The largest absolute Gasteiger partial charge is 0.478 e. The SMILES string of the molecule is C=C1C(C(=O)O)=CN(C2CC2)c2cc(N3CCC(C)C3)c(F)cc21.CC. The van der Waals surface area contributed by atoms with E-state index in [-0.39, 0.29) is 11.4 Å². The van der Waals surface area contributed by atoms with Gasteiger partial charge in [-0.05, 0) is 42.9 Å². The topological polar surface area (TPSA) is 43.8 Å². The molecule has 0 spiro atoms. The third-order valence-electron chi connectivity index (χ3n) is 5.20. The number of nitrogens with zero attached hydrogens (tertiary/aromatic N) is 2. The van der Waals surface area contributed by atoms with Crippen molar-refractivity contribution in [1.29, 1.82) is 0 Å². The predicted octanol–water partition coefficient (Wildman–Crippen LogP) is 4.66. The molecule has 1 aliphatic carbocycles. The smallest absolute Gasteiger partial charge is 0.337 e. The minimum Gasteiger partial charge on any atom is -0.478 e. The molecule has 0 aromatic heterocycles. The monoisotopic (exact) mass is 358 g/mol. The molecule has 0 radical (unpaired) electrons. The molecule has 0 amide bonds. The third kappa shape index (κ3) is 3.22. The van der Waals surface area contributed by atoms with Crippen LogP contribution in [0.3, 0.4) is 0 Å². The first-order valence-electron chi connectivity index (χ1n) is 9.47. The Hall–Kier alpha value is -2.30. The second-order valence-electron chi connectivity index (χ2n) is 7.13. The second kappa shape index (κ2) is 7.14. The van der Waals surface area contributed by atoms with Crippen molar-refractivity contribution < 1.29 is 14.3 Å². The van der Waals surface area contributed by atoms with E-state index in [0.717, 1.165) is 38.0 Å². The second-order valence-corrected chi connectivity index (χ2v) is 7.13. The fraction of sp³-hybridized carbons (Fsp3) is 0.476. The highest BCUT2D eigenvalue weighted by molar-refractivity contribution is 6.08. The molecule has 0 bridgehead atoms. The molecule has 26 heavy (non-hydrogen) atoms. The lowest BCUT2D eigenvalue weighted by Gasteiger charge is -2.31. The van der Waals surface area contributed by atoms with Gasteiger partial charge in [0, 0.05) is 30.9 Å². The average molecular weight is 358 g/mol. The molecule has 1 aromatic rings. The Bertz CT molecular complexity index is 768. The van der Waals surface area contributed by atoms with Crippen molar-refractivity contribution in [2.45, 2.75) is 46.1 Å². The van der Waals surface area contributed by atoms with Gasteiger partial charge in [-0.3, -0.25) is 0 Å². The summed E-state index contributed by atoms with van der Waals surface area (Å²) < 4.78 is 14.7. The van der Waals surface area contributed by atoms with Crippen LogP contribution < -0.4 is 9.80 Å². The van der Waals surface area contributed by atoms with E-state index in [1.807, 2.05) is 24.8 Å². The number of benzene rings is 1. The van der Waals surface area contributed by atoms with Crippen LogP contribution in [0.5, 0.6) is 0 Å². The van der Waals surface area contributed by atoms with Crippen LogP contribution in [0.15, 0.2) is 30.5 Å². The first kappa shape index (κ1) is 18.5. The number of rotatable bonds is 3. The Kier molecular flexibility index (Phi) is 5.08. The molecule has 2 aliphatic heterocycles. The van der Waals surface area contributed by atoms with E-state index in [2.05, 4.69) is 18.4 Å². The van der Waals surface area contributed by atoms with Gasteiger partial charge in [0.2, 0.25) is 0 Å². The van der Waals surface area contributed by atoms with Gasteiger partial charge in [-0.25, -0.2) is 9.18 Å². The van der Waals surface area contributed by atoms with E-state index in [0.29, 0.717) is 28.8 Å². The molecule has 1 unspecified atom stereocenters. The Balaban J connectivity index is 0.000000948. The molecule has 4 nitrogen and oxygen atoms in total. The van der Waals surface area contributed by atoms with Crippen molar-refractivity contribution >= 4 is 22.9 Å². The third-order valence-corrected chi connectivity index (χ3v) is 5.20. The summed E-state index contributed by atoms with van der Waals surface area (Å²) in [4.78, 5) is 15.6. The van der Waals surface area contributed by atoms with E-state index in [9.17, 15) is 14.3 Å². The van der Waals surface area contributed by atoms with Gasteiger partial charge >= 0.3 is 5.97 Å². The molecular formula is C21H27FN2O2. The number of anilines is 2. The van der Waals surface area contributed by atoms with E-state index in [1.54, 1.807) is 6.20 Å². The standard InChI is InChI=1S/C19H21FN2O2.C2H6/c1-11-5-6-21(9-11)18-8-17-14(7-16(18)20)12(2)15(19(23)24)10-22(17)13-3-4-13;1-2/h7-8,10-11,13H,2-6,9H2,1H3,(H,23,24);1-2H3. The maximum atomic E-state index is 14.7. The molecule has 1 saturated heterocycles. The lowest BCUT2D eigenvalue weighted by atomic mass is 9.93. The van der Waals surface area contributed by atoms with Gasteiger partial charge < -0.3 is 14.9 Å². The van der Waals surface area contributed by atoms with Crippen LogP contribution in [-0.2, 0) is 4.79 Å². The summed E-state index contributed by atoms with van der Waals surface area (Å²) >= 11 is 0. The lowest BCUT2D eigenvalue weighted by Crippen LogP contribution is -2.27. The van der Waals surface area contributed by atoms with Crippen LogP contribution in [0.4, 0.5) is 15.8 Å². The Morgan fingerprint density at radius 1 is 1.23 bits per heavy atom. The number of hydrogen-bond donors (Lipinski definition) is 1. The fourth-order valence-electron chi connectivity index (χ4n) is 3.67. The first-order chi connectivity index (χ1) is 12.5. The van der Waals surface area contributed by atoms with Gasteiger partial charge in [-0.15, -0.1) is 0 Å². The summed E-state index contributed by atoms with van der Waals surface area (Å²) in [6, 6.07) is 3.64. The summed E-state index contributed by atoms with van der Waals surface area (Å²) in [5.41, 5.74) is 2.62. The summed E-state index contributed by atoms with van der Waals surface area (Å²) in [5.74, 6) is -0.756. The number of fused-ring (bicyclic) bond motifs is 1. The van der Waals surface area contributed by atoms with Crippen LogP contribution in [0, 0.1) is 11.7 Å². The minimum atomic E-state index is -1.02. The normalized spacial score (nSPS) is 21.8. The zero-order chi connectivity index (χ0) is 19.0. The molecule has 140 valence electrons. The van der Waals surface area contributed by atoms with Crippen molar-refractivity contribution in [2.75, 3.05) is 22.9 Å². The van der Waals surface area contributed by atoms with Gasteiger partial charge in [0.1, 0.15) is 5.82 Å². The van der Waals surface area contributed by atoms with Crippen molar-refractivity contribution in [3.8, 4) is 0 Å². The van der Waals surface area contributed by atoms with Gasteiger partial charge in [-0.1, -0.05) is 27.4 Å². The molecule has 1 aromatic carbocycles. The van der Waals surface area contributed by atoms with Crippen molar-refractivity contribution in [1.82, 2.24) is 0 Å². The summed E-state index contributed by atoms with van der Waals surface area (Å²) in [5, 5.41) is 9.42. The van der Waals surface area contributed by atoms with Gasteiger partial charge in [0.25, 0.3) is 0 Å². The number of aliphatic carboxylic acids is 1. The number of carboxylic acid groups (broad SMARTS) is 1. The predicted molar refractivity (Wildman–Crippen MR) is 104 cm³/mol. The van der Waals surface area contributed by atoms with Crippen LogP contribution in [0.1, 0.15) is 45.6 Å². The summed E-state index contributed by atoms with van der Waals surface area (Å²) in [6.45, 7) is 11.8. The highest BCUT2D eigenvalue weighted by Crippen LogP contribution is 2.44. The van der Waals surface area contributed by atoms with Gasteiger partial charge in [0.05, 0.1) is 16.9 Å². The van der Waals surface area contributed by atoms with Crippen molar-refractivity contribution in [3.05, 3.63) is 41.9 Å². The summed E-state index contributed by atoms with van der Waals surface area (Å²) in [6.07, 6.45) is 4.79. The minimum absolute atomic E-state index is 0.149. The van der Waals surface area contributed by atoms with E-state index in [4.69, 9.17) is 0 Å². The molecule has 1 atom stereocenters. The molecule has 1 N–H and O–H groups in total. The van der Waals surface area contributed by atoms with Crippen molar-refractivity contribution in [2.24, 2.45) is 5.92 Å². The quantitative estimate of drug-likeness (QED) is 0.853. The Labute approximate surface area is 154 Å². The number of carboxylic acids is 1. The molecule has 3 aliphatic rings. The molecular weight excluding hydrogens is 331 g/mol. The molecule has 2 heterocycles. The van der Waals surface area contributed by atoms with E-state index in [1.165, 1.54) is 6.07 Å². The maximum absolute atomic E-state index is 14.7. The van der Waals surface area contributed by atoms with E-state index >= 15 is 0 Å². The fourth-order valence-corrected chi connectivity index (χ4v) is 3.67. The summed E-state index contributed by atoms with van der Waals surface area (Å²) in [7, 11) is 0. The number of halogens is 1. The molecule has 4 rings (SSSR count). The molecule has 5 heteroatoms. The lowest BCUT2D eigenvalue weighted by molar-refractivity contribution is -0.132. The van der Waals surface area contributed by atoms with Crippen LogP contribution in [-0.4, -0.2) is 30.2 Å². The Morgan fingerprint density at radius 3 is 2.46 bits per heavy atom. The van der Waals surface area contributed by atoms with Crippen LogP contribution in [0.25, 0.3) is 5.57 Å². The average Bonchev–Trinajstić information content (AvgIpc) is 3.37.